The number of sulfone groups is 1. The number of hydrogen-bond donors (Lipinski definition) is 0. The first kappa shape index (κ1) is 16.4. The van der Waals surface area contributed by atoms with Gasteiger partial charge < -0.3 is 9.80 Å². The summed E-state index contributed by atoms with van der Waals surface area (Å²) in [6.45, 7) is 0.681. The Morgan fingerprint density at radius 2 is 1.84 bits per heavy atom. The summed E-state index contributed by atoms with van der Waals surface area (Å²) in [6, 6.07) is 13.0. The molecule has 4 rings (SSSR count). The molecule has 0 N–H and O–H groups in total. The monoisotopic (exact) mass is 417 g/mol. The van der Waals surface area contributed by atoms with E-state index < -0.39 is 9.84 Å². The van der Waals surface area contributed by atoms with E-state index >= 15 is 0 Å². The average molecular weight is 418 g/mol. The standard InChI is InChI=1S/C18H16BrN3O2S/c1-21-11-22(13-4-6-14(7-5-13)25(2,23)24)18-15-9-12(19)3-8-16(15)20-10-17(18)21/h3-10H,11H2,1-2H3. The van der Waals surface area contributed by atoms with Crippen molar-refractivity contribution in [2.75, 3.05) is 29.8 Å². The van der Waals surface area contributed by atoms with Crippen LogP contribution in [0.25, 0.3) is 10.9 Å². The van der Waals surface area contributed by atoms with Crippen molar-refractivity contribution in [3.8, 4) is 0 Å². The summed E-state index contributed by atoms with van der Waals surface area (Å²) >= 11 is 3.54. The van der Waals surface area contributed by atoms with E-state index in [1.165, 1.54) is 6.26 Å². The van der Waals surface area contributed by atoms with Crippen LogP contribution in [-0.2, 0) is 9.84 Å². The highest BCUT2D eigenvalue weighted by atomic mass is 79.9. The van der Waals surface area contributed by atoms with Gasteiger partial charge in [0, 0.05) is 28.8 Å². The minimum atomic E-state index is -3.20. The zero-order valence-corrected chi connectivity index (χ0v) is 16.2. The van der Waals surface area contributed by atoms with Crippen LogP contribution < -0.4 is 9.80 Å². The highest BCUT2D eigenvalue weighted by molar-refractivity contribution is 9.10. The first-order chi connectivity index (χ1) is 11.8. The summed E-state index contributed by atoms with van der Waals surface area (Å²) < 4.78 is 24.4. The van der Waals surface area contributed by atoms with Gasteiger partial charge in [-0.25, -0.2) is 8.42 Å². The lowest BCUT2D eigenvalue weighted by atomic mass is 10.1. The van der Waals surface area contributed by atoms with Gasteiger partial charge in [0.25, 0.3) is 0 Å². The number of halogens is 1. The largest absolute Gasteiger partial charge is 0.354 e. The second kappa shape index (κ2) is 5.71. The van der Waals surface area contributed by atoms with Gasteiger partial charge in [0.05, 0.1) is 34.7 Å². The quantitative estimate of drug-likeness (QED) is 0.631. The SMILES string of the molecule is CN1CN(c2ccc(S(C)(=O)=O)cc2)c2c1cnc1ccc(Br)cc21. The number of anilines is 3. The van der Waals surface area contributed by atoms with E-state index in [9.17, 15) is 8.42 Å². The summed E-state index contributed by atoms with van der Waals surface area (Å²) in [7, 11) is -1.18. The molecule has 25 heavy (non-hydrogen) atoms. The van der Waals surface area contributed by atoms with Crippen molar-refractivity contribution in [1.29, 1.82) is 0 Å². The lowest BCUT2D eigenvalue weighted by molar-refractivity contribution is 0.602. The molecule has 0 radical (unpaired) electrons. The lowest BCUT2D eigenvalue weighted by Gasteiger charge is -2.20. The van der Waals surface area contributed by atoms with Crippen molar-refractivity contribution >= 4 is 53.7 Å². The Kier molecular flexibility index (Phi) is 3.73. The zero-order chi connectivity index (χ0) is 17.8. The molecule has 5 nitrogen and oxygen atoms in total. The van der Waals surface area contributed by atoms with Crippen molar-refractivity contribution < 1.29 is 8.42 Å². The number of pyridine rings is 1. The van der Waals surface area contributed by atoms with E-state index in [0.29, 0.717) is 11.6 Å². The Morgan fingerprint density at radius 3 is 2.52 bits per heavy atom. The third-order valence-electron chi connectivity index (χ3n) is 4.39. The summed E-state index contributed by atoms with van der Waals surface area (Å²) in [6.07, 6.45) is 3.11. The van der Waals surface area contributed by atoms with Crippen LogP contribution >= 0.6 is 15.9 Å². The normalized spacial score (nSPS) is 14.2. The number of fused-ring (bicyclic) bond motifs is 3. The summed E-state index contributed by atoms with van der Waals surface area (Å²) in [4.78, 5) is 9.19. The molecule has 0 aliphatic carbocycles. The Bertz CT molecular complexity index is 1080. The highest BCUT2D eigenvalue weighted by Gasteiger charge is 2.27. The van der Waals surface area contributed by atoms with Crippen molar-refractivity contribution in [1.82, 2.24) is 4.98 Å². The molecule has 0 unspecified atom stereocenters. The molecule has 0 atom stereocenters. The molecule has 2 aromatic carbocycles. The van der Waals surface area contributed by atoms with E-state index in [4.69, 9.17) is 0 Å². The molecule has 0 bridgehead atoms. The van der Waals surface area contributed by atoms with Gasteiger partial charge in [0.15, 0.2) is 9.84 Å². The molecule has 0 saturated carbocycles. The topological polar surface area (TPSA) is 53.5 Å². The maximum Gasteiger partial charge on any atom is 0.175 e. The van der Waals surface area contributed by atoms with Gasteiger partial charge in [0.1, 0.15) is 0 Å². The fraction of sp³-hybridized carbons (Fsp3) is 0.167. The summed E-state index contributed by atoms with van der Waals surface area (Å²) in [5, 5.41) is 1.06. The number of benzene rings is 2. The predicted molar refractivity (Wildman–Crippen MR) is 104 cm³/mol. The van der Waals surface area contributed by atoms with Gasteiger partial charge in [-0.15, -0.1) is 0 Å². The van der Waals surface area contributed by atoms with Crippen LogP contribution in [0, 0.1) is 0 Å². The molecule has 3 aromatic rings. The van der Waals surface area contributed by atoms with Gasteiger partial charge >= 0.3 is 0 Å². The van der Waals surface area contributed by atoms with E-state index in [1.54, 1.807) is 12.1 Å². The van der Waals surface area contributed by atoms with Crippen LogP contribution in [0.2, 0.25) is 0 Å². The zero-order valence-electron chi connectivity index (χ0n) is 13.8. The molecule has 2 heterocycles. The second-order valence-corrected chi connectivity index (χ2v) is 9.12. The van der Waals surface area contributed by atoms with Crippen molar-refractivity contribution in [3.05, 3.63) is 53.1 Å². The fourth-order valence-electron chi connectivity index (χ4n) is 3.15. The fourth-order valence-corrected chi connectivity index (χ4v) is 4.14. The molecule has 0 spiro atoms. The van der Waals surface area contributed by atoms with Gasteiger partial charge in [-0.05, 0) is 42.5 Å². The van der Waals surface area contributed by atoms with Gasteiger partial charge in [0.2, 0.25) is 0 Å². The van der Waals surface area contributed by atoms with Crippen LogP contribution in [0.5, 0.6) is 0 Å². The highest BCUT2D eigenvalue weighted by Crippen LogP contribution is 2.44. The Hall–Kier alpha value is -2.12. The Labute approximate surface area is 154 Å². The molecule has 7 heteroatoms. The van der Waals surface area contributed by atoms with Gasteiger partial charge in [-0.1, -0.05) is 15.9 Å². The first-order valence-electron chi connectivity index (χ1n) is 7.72. The maximum absolute atomic E-state index is 11.7. The Balaban J connectivity index is 1.88. The van der Waals surface area contributed by atoms with E-state index in [1.807, 2.05) is 37.5 Å². The predicted octanol–water partition coefficient (Wildman–Crippen LogP) is 3.95. The van der Waals surface area contributed by atoms with Gasteiger partial charge in [-0.2, -0.15) is 0 Å². The van der Waals surface area contributed by atoms with Crippen molar-refractivity contribution in [2.24, 2.45) is 0 Å². The molecule has 1 aliphatic rings. The van der Waals surface area contributed by atoms with E-state index in [0.717, 1.165) is 32.4 Å². The summed E-state index contributed by atoms with van der Waals surface area (Å²) in [5.74, 6) is 0. The van der Waals surface area contributed by atoms with Crippen LogP contribution in [0.15, 0.2) is 58.0 Å². The third kappa shape index (κ3) is 2.77. The maximum atomic E-state index is 11.7. The molecule has 0 fully saturated rings. The molecule has 1 aliphatic heterocycles. The smallest absolute Gasteiger partial charge is 0.175 e. The van der Waals surface area contributed by atoms with Crippen molar-refractivity contribution in [3.63, 3.8) is 0 Å². The molecular weight excluding hydrogens is 402 g/mol. The molecule has 1 aromatic heterocycles. The number of rotatable bonds is 2. The third-order valence-corrected chi connectivity index (χ3v) is 6.02. The second-order valence-electron chi connectivity index (χ2n) is 6.19. The number of aromatic nitrogens is 1. The summed E-state index contributed by atoms with van der Waals surface area (Å²) in [5.41, 5.74) is 4.01. The Morgan fingerprint density at radius 1 is 1.12 bits per heavy atom. The molecular formula is C18H16BrN3O2S. The average Bonchev–Trinajstić information content (AvgIpc) is 2.91. The van der Waals surface area contributed by atoms with Crippen LogP contribution in [-0.4, -0.2) is 33.4 Å². The van der Waals surface area contributed by atoms with E-state index in [2.05, 4.69) is 36.8 Å². The number of hydrogen-bond acceptors (Lipinski definition) is 5. The van der Waals surface area contributed by atoms with Crippen LogP contribution in [0.3, 0.4) is 0 Å². The molecule has 0 saturated heterocycles. The van der Waals surface area contributed by atoms with Crippen LogP contribution in [0.1, 0.15) is 0 Å². The van der Waals surface area contributed by atoms with E-state index in [-0.39, 0.29) is 0 Å². The minimum absolute atomic E-state index is 0.325. The van der Waals surface area contributed by atoms with Crippen LogP contribution in [0.4, 0.5) is 17.1 Å². The minimum Gasteiger partial charge on any atom is -0.354 e. The van der Waals surface area contributed by atoms with Crippen molar-refractivity contribution in [2.45, 2.75) is 4.90 Å². The lowest BCUT2D eigenvalue weighted by Crippen LogP contribution is -2.24. The molecule has 128 valence electrons. The van der Waals surface area contributed by atoms with Gasteiger partial charge in [-0.3, -0.25) is 4.98 Å². The molecule has 0 amide bonds. The first-order valence-corrected chi connectivity index (χ1v) is 10.4. The number of nitrogens with zero attached hydrogens (tertiary/aromatic N) is 3.